The van der Waals surface area contributed by atoms with Gasteiger partial charge in [0.15, 0.2) is 0 Å². The molecule has 0 bridgehead atoms. The Hall–Kier alpha value is -2.58. The quantitative estimate of drug-likeness (QED) is 0.628. The Morgan fingerprint density at radius 2 is 1.77 bits per heavy atom. The van der Waals surface area contributed by atoms with Gasteiger partial charge in [-0.1, -0.05) is 18.2 Å². The van der Waals surface area contributed by atoms with Crippen LogP contribution in [-0.2, 0) is 14.8 Å². The lowest BCUT2D eigenvalue weighted by molar-refractivity contribution is 0.0713. The molecular weight excluding hydrogens is 416 g/mol. The van der Waals surface area contributed by atoms with Crippen LogP contribution >= 0.6 is 0 Å². The van der Waals surface area contributed by atoms with Gasteiger partial charge in [0.2, 0.25) is 10.0 Å². The number of hydrogen-bond donors (Lipinski definition) is 1. The first-order valence-corrected chi connectivity index (χ1v) is 12.3. The lowest BCUT2D eigenvalue weighted by Crippen LogP contribution is -2.38. The van der Waals surface area contributed by atoms with Crippen molar-refractivity contribution in [3.8, 4) is 5.75 Å². The molecule has 0 unspecified atom stereocenters. The summed E-state index contributed by atoms with van der Waals surface area (Å²) in [6, 6.07) is 13.3. The zero-order valence-corrected chi connectivity index (χ0v) is 19.1. The van der Waals surface area contributed by atoms with E-state index in [2.05, 4.69) is 16.9 Å². The zero-order chi connectivity index (χ0) is 22.4. The van der Waals surface area contributed by atoms with E-state index in [1.54, 1.807) is 32.2 Å². The molecule has 168 valence electrons. The largest absolute Gasteiger partial charge is 0.491 e. The number of aryl methyl sites for hydroxylation is 1. The number of methoxy groups -OCH3 is 1. The van der Waals surface area contributed by atoms with Gasteiger partial charge >= 0.3 is 0 Å². The number of carbonyl (C=O) groups is 1. The summed E-state index contributed by atoms with van der Waals surface area (Å²) < 4.78 is 36.2. The molecule has 7 nitrogen and oxygen atoms in total. The van der Waals surface area contributed by atoms with Crippen molar-refractivity contribution >= 4 is 21.6 Å². The minimum Gasteiger partial charge on any atom is -0.491 e. The third-order valence-electron chi connectivity index (χ3n) is 5.47. The van der Waals surface area contributed by atoms with Crippen LogP contribution in [0.25, 0.3) is 0 Å². The molecule has 8 heteroatoms. The van der Waals surface area contributed by atoms with Crippen LogP contribution in [0.5, 0.6) is 5.75 Å². The van der Waals surface area contributed by atoms with Crippen LogP contribution in [0.4, 0.5) is 5.69 Å². The number of likely N-dealkylation sites (tertiary alicyclic amines) is 1. The molecule has 2 aromatic rings. The molecule has 31 heavy (non-hydrogen) atoms. The highest BCUT2D eigenvalue weighted by molar-refractivity contribution is 7.92. The molecule has 1 fully saturated rings. The van der Waals surface area contributed by atoms with Gasteiger partial charge < -0.3 is 14.4 Å². The van der Waals surface area contributed by atoms with E-state index >= 15 is 0 Å². The SMILES string of the molecule is COCCOc1ccc(C2CCN(C(=O)c3ccc(C)c(NS(C)(=O)=O)c3)CC2)cc1. The Bertz CT molecular complexity index is 997. The Kier molecular flexibility index (Phi) is 7.56. The molecule has 0 radical (unpaired) electrons. The lowest BCUT2D eigenvalue weighted by atomic mass is 9.89. The molecule has 1 N–H and O–H groups in total. The molecule has 3 rings (SSSR count). The minimum absolute atomic E-state index is 0.0723. The van der Waals surface area contributed by atoms with Crippen molar-refractivity contribution in [3.63, 3.8) is 0 Å². The predicted molar refractivity (Wildman–Crippen MR) is 121 cm³/mol. The Labute approximate surface area is 184 Å². The molecule has 1 amide bonds. The van der Waals surface area contributed by atoms with E-state index < -0.39 is 10.0 Å². The second kappa shape index (κ2) is 10.2. The van der Waals surface area contributed by atoms with Gasteiger partial charge in [-0.3, -0.25) is 9.52 Å². The molecular formula is C23H30N2O5S. The standard InChI is InChI=1S/C23H30N2O5S/c1-17-4-5-20(16-22(17)24-31(3,27)28)23(26)25-12-10-19(11-13-25)18-6-8-21(9-7-18)30-15-14-29-2/h4-9,16,19,24H,10-15H2,1-3H3. The van der Waals surface area contributed by atoms with E-state index in [1.807, 2.05) is 17.0 Å². The first-order valence-electron chi connectivity index (χ1n) is 10.4. The van der Waals surface area contributed by atoms with E-state index in [0.717, 1.165) is 30.4 Å². The maximum absolute atomic E-state index is 13.0. The van der Waals surface area contributed by atoms with E-state index in [-0.39, 0.29) is 5.91 Å². The van der Waals surface area contributed by atoms with Gasteiger partial charge in [0.1, 0.15) is 12.4 Å². The number of amides is 1. The van der Waals surface area contributed by atoms with Crippen molar-refractivity contribution < 1.29 is 22.7 Å². The summed E-state index contributed by atoms with van der Waals surface area (Å²) in [5.74, 6) is 1.15. The van der Waals surface area contributed by atoms with Gasteiger partial charge in [0.25, 0.3) is 5.91 Å². The summed E-state index contributed by atoms with van der Waals surface area (Å²) in [6.07, 6.45) is 2.87. The van der Waals surface area contributed by atoms with Crippen LogP contribution in [0, 0.1) is 6.92 Å². The van der Waals surface area contributed by atoms with Crippen LogP contribution in [0.2, 0.25) is 0 Å². The lowest BCUT2D eigenvalue weighted by Gasteiger charge is -2.32. The van der Waals surface area contributed by atoms with Gasteiger partial charge in [0.05, 0.1) is 18.6 Å². The van der Waals surface area contributed by atoms with Gasteiger partial charge in [-0.05, 0) is 61.1 Å². The molecule has 0 spiro atoms. The van der Waals surface area contributed by atoms with Gasteiger partial charge in [-0.25, -0.2) is 8.42 Å². The zero-order valence-electron chi connectivity index (χ0n) is 18.3. The van der Waals surface area contributed by atoms with Crippen LogP contribution in [-0.4, -0.2) is 58.9 Å². The van der Waals surface area contributed by atoms with E-state index in [9.17, 15) is 13.2 Å². The van der Waals surface area contributed by atoms with Crippen molar-refractivity contribution in [2.45, 2.75) is 25.7 Å². The molecule has 0 atom stereocenters. The highest BCUT2D eigenvalue weighted by Gasteiger charge is 2.25. The number of hydrogen-bond acceptors (Lipinski definition) is 5. The molecule has 2 aromatic carbocycles. The van der Waals surface area contributed by atoms with Crippen molar-refractivity contribution in [3.05, 3.63) is 59.2 Å². The maximum Gasteiger partial charge on any atom is 0.253 e. The van der Waals surface area contributed by atoms with Gasteiger partial charge in [0, 0.05) is 25.8 Å². The first kappa shape index (κ1) is 23.1. The average Bonchev–Trinajstić information content (AvgIpc) is 2.75. The third kappa shape index (κ3) is 6.45. The highest BCUT2D eigenvalue weighted by Crippen LogP contribution is 2.30. The normalized spacial score (nSPS) is 15.0. The molecule has 0 aromatic heterocycles. The van der Waals surface area contributed by atoms with Crippen LogP contribution < -0.4 is 9.46 Å². The van der Waals surface area contributed by atoms with Crippen molar-refractivity contribution in [2.75, 3.05) is 44.4 Å². The monoisotopic (exact) mass is 446 g/mol. The second-order valence-corrected chi connectivity index (χ2v) is 9.63. The number of anilines is 1. The van der Waals surface area contributed by atoms with Crippen LogP contribution in [0.3, 0.4) is 0 Å². The van der Waals surface area contributed by atoms with Crippen LogP contribution in [0.15, 0.2) is 42.5 Å². The Balaban J connectivity index is 1.59. The Morgan fingerprint density at radius 1 is 1.10 bits per heavy atom. The minimum atomic E-state index is -3.40. The first-order chi connectivity index (χ1) is 14.8. The van der Waals surface area contributed by atoms with Crippen molar-refractivity contribution in [2.24, 2.45) is 0 Å². The average molecular weight is 447 g/mol. The third-order valence-corrected chi connectivity index (χ3v) is 6.06. The summed E-state index contributed by atoms with van der Waals surface area (Å²) in [6.45, 7) is 4.22. The number of rotatable bonds is 8. The number of piperidine rings is 1. The molecule has 0 aliphatic carbocycles. The summed E-state index contributed by atoms with van der Waals surface area (Å²) in [7, 11) is -1.76. The van der Waals surface area contributed by atoms with Gasteiger partial charge in [-0.2, -0.15) is 0 Å². The topological polar surface area (TPSA) is 84.9 Å². The fourth-order valence-corrected chi connectivity index (χ4v) is 4.36. The number of carbonyl (C=O) groups excluding carboxylic acids is 1. The van der Waals surface area contributed by atoms with Crippen molar-refractivity contribution in [1.82, 2.24) is 4.90 Å². The Morgan fingerprint density at radius 3 is 2.39 bits per heavy atom. The van der Waals surface area contributed by atoms with Crippen molar-refractivity contribution in [1.29, 1.82) is 0 Å². The highest BCUT2D eigenvalue weighted by atomic mass is 32.2. The van der Waals surface area contributed by atoms with Crippen LogP contribution in [0.1, 0.15) is 40.2 Å². The smallest absolute Gasteiger partial charge is 0.253 e. The maximum atomic E-state index is 13.0. The van der Waals surface area contributed by atoms with E-state index in [1.165, 1.54) is 5.56 Å². The fraction of sp³-hybridized carbons (Fsp3) is 0.435. The summed E-state index contributed by atoms with van der Waals surface area (Å²) in [5, 5.41) is 0. The second-order valence-electron chi connectivity index (χ2n) is 7.88. The molecule has 1 heterocycles. The number of benzene rings is 2. The van der Waals surface area contributed by atoms with E-state index in [4.69, 9.17) is 9.47 Å². The van der Waals surface area contributed by atoms with E-state index in [0.29, 0.717) is 43.5 Å². The number of ether oxygens (including phenoxy) is 2. The number of nitrogens with zero attached hydrogens (tertiary/aromatic N) is 1. The molecule has 0 saturated carbocycles. The molecule has 1 aliphatic rings. The number of nitrogens with one attached hydrogen (secondary N) is 1. The summed E-state index contributed by atoms with van der Waals surface area (Å²) in [4.78, 5) is 14.8. The number of sulfonamides is 1. The predicted octanol–water partition coefficient (Wildman–Crippen LogP) is 3.41. The van der Waals surface area contributed by atoms with Gasteiger partial charge in [-0.15, -0.1) is 0 Å². The fourth-order valence-electron chi connectivity index (χ4n) is 3.74. The molecule has 1 saturated heterocycles. The molecule has 1 aliphatic heterocycles. The summed E-state index contributed by atoms with van der Waals surface area (Å²) in [5.41, 5.74) is 2.96. The summed E-state index contributed by atoms with van der Waals surface area (Å²) >= 11 is 0.